The van der Waals surface area contributed by atoms with Crippen molar-refractivity contribution in [3.8, 4) is 0 Å². The van der Waals surface area contributed by atoms with Crippen LogP contribution in [0, 0.1) is 0 Å². The molecule has 78 valence electrons. The molecule has 0 saturated heterocycles. The molecular formula is C11H7N3O2. The van der Waals surface area contributed by atoms with Gasteiger partial charge in [-0.2, -0.15) is 0 Å². The zero-order valence-corrected chi connectivity index (χ0v) is 8.14. The summed E-state index contributed by atoms with van der Waals surface area (Å²) < 4.78 is 0. The lowest BCUT2D eigenvalue weighted by molar-refractivity contribution is 0.0699. The number of aromatic nitrogens is 3. The largest absolute Gasteiger partial charge is 0.478 e. The van der Waals surface area contributed by atoms with Crippen molar-refractivity contribution < 1.29 is 9.90 Å². The Bertz CT molecular complexity index is 703. The van der Waals surface area contributed by atoms with E-state index in [-0.39, 0.29) is 5.56 Å². The van der Waals surface area contributed by atoms with Gasteiger partial charge < -0.3 is 10.1 Å². The highest BCUT2D eigenvalue weighted by Gasteiger charge is 2.12. The molecule has 3 rings (SSSR count). The number of benzene rings is 1. The van der Waals surface area contributed by atoms with Gasteiger partial charge in [0.15, 0.2) is 0 Å². The molecule has 0 unspecified atom stereocenters. The predicted octanol–water partition coefficient (Wildman–Crippen LogP) is 1.81. The maximum absolute atomic E-state index is 11.0. The van der Waals surface area contributed by atoms with Crippen molar-refractivity contribution in [3.63, 3.8) is 0 Å². The fourth-order valence-corrected chi connectivity index (χ4v) is 1.82. The third-order valence-corrected chi connectivity index (χ3v) is 2.56. The smallest absolute Gasteiger partial charge is 0.337 e. The molecule has 2 heterocycles. The monoisotopic (exact) mass is 213 g/mol. The number of rotatable bonds is 1. The van der Waals surface area contributed by atoms with Gasteiger partial charge in [-0.3, -0.25) is 0 Å². The van der Waals surface area contributed by atoms with E-state index >= 15 is 0 Å². The fraction of sp³-hybridized carbons (Fsp3) is 0. The molecule has 0 aliphatic rings. The lowest BCUT2D eigenvalue weighted by Gasteiger charge is -1.97. The van der Waals surface area contributed by atoms with E-state index in [9.17, 15) is 4.79 Å². The van der Waals surface area contributed by atoms with Crippen molar-refractivity contribution >= 4 is 27.8 Å². The molecule has 1 aromatic carbocycles. The van der Waals surface area contributed by atoms with Gasteiger partial charge in [0.05, 0.1) is 16.6 Å². The molecule has 0 fully saturated rings. The minimum atomic E-state index is -0.945. The zero-order valence-electron chi connectivity index (χ0n) is 8.14. The molecule has 16 heavy (non-hydrogen) atoms. The van der Waals surface area contributed by atoms with E-state index in [0.717, 1.165) is 16.4 Å². The van der Waals surface area contributed by atoms with E-state index in [2.05, 4.69) is 15.0 Å². The molecule has 0 aliphatic heterocycles. The summed E-state index contributed by atoms with van der Waals surface area (Å²) in [4.78, 5) is 22.0. The molecule has 0 spiro atoms. The summed E-state index contributed by atoms with van der Waals surface area (Å²) in [6, 6.07) is 3.58. The highest BCUT2D eigenvalue weighted by molar-refractivity contribution is 6.11. The SMILES string of the molecule is O=C(O)c1c[nH]c2c1ccc1cncnc12. The minimum Gasteiger partial charge on any atom is -0.478 e. The molecule has 2 aromatic heterocycles. The van der Waals surface area contributed by atoms with Crippen molar-refractivity contribution in [3.05, 3.63) is 36.4 Å². The molecule has 0 bridgehead atoms. The summed E-state index contributed by atoms with van der Waals surface area (Å²) in [6.45, 7) is 0. The highest BCUT2D eigenvalue weighted by atomic mass is 16.4. The second-order valence-electron chi connectivity index (χ2n) is 3.46. The summed E-state index contributed by atoms with van der Waals surface area (Å²) in [7, 11) is 0. The second-order valence-corrected chi connectivity index (χ2v) is 3.46. The first-order chi connectivity index (χ1) is 7.77. The number of carboxylic acids is 1. The number of nitrogens with zero attached hydrogens (tertiary/aromatic N) is 2. The Hall–Kier alpha value is -2.43. The van der Waals surface area contributed by atoms with E-state index < -0.39 is 5.97 Å². The normalized spacial score (nSPS) is 11.0. The number of aromatic carboxylic acids is 1. The Morgan fingerprint density at radius 2 is 2.25 bits per heavy atom. The van der Waals surface area contributed by atoms with Crippen LogP contribution in [0.5, 0.6) is 0 Å². The van der Waals surface area contributed by atoms with Gasteiger partial charge in [0.2, 0.25) is 0 Å². The Morgan fingerprint density at radius 3 is 3.06 bits per heavy atom. The van der Waals surface area contributed by atoms with Crippen LogP contribution in [0.1, 0.15) is 10.4 Å². The first kappa shape index (κ1) is 8.84. The Balaban J connectivity index is 2.49. The van der Waals surface area contributed by atoms with Crippen molar-refractivity contribution in [1.29, 1.82) is 0 Å². The molecule has 0 amide bonds. The maximum Gasteiger partial charge on any atom is 0.337 e. The summed E-state index contributed by atoms with van der Waals surface area (Å²) in [5, 5.41) is 10.5. The van der Waals surface area contributed by atoms with Crippen LogP contribution in [0.3, 0.4) is 0 Å². The minimum absolute atomic E-state index is 0.260. The molecule has 0 radical (unpaired) electrons. The van der Waals surface area contributed by atoms with Gasteiger partial charge in [-0.15, -0.1) is 0 Å². The van der Waals surface area contributed by atoms with Crippen LogP contribution in [0.4, 0.5) is 0 Å². The predicted molar refractivity (Wildman–Crippen MR) is 58.4 cm³/mol. The van der Waals surface area contributed by atoms with E-state index in [1.54, 1.807) is 12.3 Å². The average molecular weight is 213 g/mol. The third kappa shape index (κ3) is 1.08. The van der Waals surface area contributed by atoms with Crippen molar-refractivity contribution in [1.82, 2.24) is 15.0 Å². The number of hydrogen-bond donors (Lipinski definition) is 2. The average Bonchev–Trinajstić information content (AvgIpc) is 2.73. The number of H-pyrrole nitrogens is 1. The van der Waals surface area contributed by atoms with Crippen LogP contribution in [-0.2, 0) is 0 Å². The van der Waals surface area contributed by atoms with Crippen LogP contribution in [0.2, 0.25) is 0 Å². The van der Waals surface area contributed by atoms with Crippen LogP contribution >= 0.6 is 0 Å². The summed E-state index contributed by atoms with van der Waals surface area (Å²) in [6.07, 6.45) is 4.63. The Kier molecular flexibility index (Phi) is 1.67. The van der Waals surface area contributed by atoms with Gasteiger partial charge in [0, 0.05) is 23.2 Å². The van der Waals surface area contributed by atoms with E-state index in [0.29, 0.717) is 5.39 Å². The van der Waals surface area contributed by atoms with Crippen LogP contribution in [0.25, 0.3) is 21.8 Å². The number of nitrogens with one attached hydrogen (secondary N) is 1. The second kappa shape index (κ2) is 3.03. The number of aromatic amines is 1. The van der Waals surface area contributed by atoms with Gasteiger partial charge in [-0.05, 0) is 0 Å². The molecular weight excluding hydrogens is 206 g/mol. The molecule has 5 heteroatoms. The van der Waals surface area contributed by atoms with Gasteiger partial charge in [0.25, 0.3) is 0 Å². The first-order valence-electron chi connectivity index (χ1n) is 4.70. The molecule has 0 aliphatic carbocycles. The van der Waals surface area contributed by atoms with E-state index in [1.807, 2.05) is 6.07 Å². The van der Waals surface area contributed by atoms with Crippen LogP contribution in [0.15, 0.2) is 30.9 Å². The van der Waals surface area contributed by atoms with Crippen molar-refractivity contribution in [2.24, 2.45) is 0 Å². The Morgan fingerprint density at radius 1 is 1.38 bits per heavy atom. The van der Waals surface area contributed by atoms with E-state index in [4.69, 9.17) is 5.11 Å². The molecule has 2 N–H and O–H groups in total. The van der Waals surface area contributed by atoms with Gasteiger partial charge >= 0.3 is 5.97 Å². The molecule has 5 nitrogen and oxygen atoms in total. The van der Waals surface area contributed by atoms with Crippen LogP contribution < -0.4 is 0 Å². The lowest BCUT2D eigenvalue weighted by Crippen LogP contribution is -1.93. The first-order valence-corrected chi connectivity index (χ1v) is 4.70. The number of carboxylic acid groups (broad SMARTS) is 1. The zero-order chi connectivity index (χ0) is 11.1. The molecule has 0 saturated carbocycles. The van der Waals surface area contributed by atoms with Gasteiger partial charge in [-0.25, -0.2) is 14.8 Å². The highest BCUT2D eigenvalue weighted by Crippen LogP contribution is 2.24. The molecule has 0 atom stereocenters. The lowest BCUT2D eigenvalue weighted by atomic mass is 10.1. The Labute approximate surface area is 89.8 Å². The number of carbonyl (C=O) groups is 1. The topological polar surface area (TPSA) is 78.9 Å². The third-order valence-electron chi connectivity index (χ3n) is 2.56. The van der Waals surface area contributed by atoms with E-state index in [1.165, 1.54) is 12.5 Å². The van der Waals surface area contributed by atoms with Gasteiger partial charge in [-0.1, -0.05) is 12.1 Å². The molecule has 3 aromatic rings. The quantitative estimate of drug-likeness (QED) is 0.646. The maximum atomic E-state index is 11.0. The summed E-state index contributed by atoms with van der Waals surface area (Å²) in [5.74, 6) is -0.945. The van der Waals surface area contributed by atoms with Gasteiger partial charge in [0.1, 0.15) is 6.33 Å². The summed E-state index contributed by atoms with van der Waals surface area (Å²) >= 11 is 0. The number of fused-ring (bicyclic) bond motifs is 3. The van der Waals surface area contributed by atoms with Crippen molar-refractivity contribution in [2.45, 2.75) is 0 Å². The van der Waals surface area contributed by atoms with Crippen molar-refractivity contribution in [2.75, 3.05) is 0 Å². The summed E-state index contributed by atoms with van der Waals surface area (Å²) in [5.41, 5.74) is 1.73. The number of hydrogen-bond acceptors (Lipinski definition) is 3. The standard InChI is InChI=1S/C11H7N3O2/c15-11(16)8-4-13-10-7(8)2-1-6-3-12-5-14-9(6)10/h1-5,13H,(H,15,16). The fourth-order valence-electron chi connectivity index (χ4n) is 1.82. The van der Waals surface area contributed by atoms with Crippen LogP contribution in [-0.4, -0.2) is 26.0 Å².